The van der Waals surface area contributed by atoms with E-state index in [0.29, 0.717) is 17.3 Å². The number of ether oxygens (including phenoxy) is 1. The Kier molecular flexibility index (Phi) is 4.19. The fourth-order valence-corrected chi connectivity index (χ4v) is 4.58. The average molecular weight is 275 g/mol. The zero-order valence-corrected chi connectivity index (χ0v) is 11.5. The minimum absolute atomic E-state index is 0.0599. The first kappa shape index (κ1) is 13.0. The van der Waals surface area contributed by atoms with Gasteiger partial charge in [-0.05, 0) is 24.3 Å². The van der Waals surface area contributed by atoms with Crippen molar-refractivity contribution in [1.29, 1.82) is 0 Å². The highest BCUT2D eigenvalue weighted by molar-refractivity contribution is 7.91. The summed E-state index contributed by atoms with van der Waals surface area (Å²) in [7, 11) is -3.32. The average Bonchev–Trinajstić information content (AvgIpc) is 2.98. The smallest absolute Gasteiger partial charge is 0.252 e. The molecule has 0 spiro atoms. The van der Waals surface area contributed by atoms with Crippen molar-refractivity contribution in [2.45, 2.75) is 30.1 Å². The van der Waals surface area contributed by atoms with Crippen molar-refractivity contribution >= 4 is 21.4 Å². The molecule has 0 aliphatic carbocycles. The molecule has 2 heterocycles. The van der Waals surface area contributed by atoms with Crippen LogP contribution in [0.5, 0.6) is 0 Å². The Hall–Kier alpha value is -0.430. The summed E-state index contributed by atoms with van der Waals surface area (Å²) in [5.74, 6) is 0. The predicted octanol–water partition coefficient (Wildman–Crippen LogP) is 1.94. The standard InChI is InChI=1S/C11H17NO3S2/c1-2-12(9-10-5-3-7-15-10)17(13,14)11-6-4-8-16-11/h4,6,8,10H,2-3,5,7,9H2,1H3. The maximum absolute atomic E-state index is 12.3. The number of thiophene rings is 1. The van der Waals surface area contributed by atoms with Crippen molar-refractivity contribution in [3.8, 4) is 0 Å². The molecule has 2 rings (SSSR count). The van der Waals surface area contributed by atoms with Gasteiger partial charge in [-0.2, -0.15) is 4.31 Å². The molecule has 0 saturated carbocycles. The normalized spacial score (nSPS) is 21.2. The number of sulfonamides is 1. The molecule has 1 aliphatic heterocycles. The zero-order valence-electron chi connectivity index (χ0n) is 9.83. The van der Waals surface area contributed by atoms with Crippen LogP contribution in [0.25, 0.3) is 0 Å². The van der Waals surface area contributed by atoms with Crippen LogP contribution >= 0.6 is 11.3 Å². The molecule has 0 N–H and O–H groups in total. The molecule has 0 aromatic carbocycles. The highest BCUT2D eigenvalue weighted by Crippen LogP contribution is 2.23. The molecule has 1 fully saturated rings. The summed E-state index contributed by atoms with van der Waals surface area (Å²) in [5, 5.41) is 1.78. The lowest BCUT2D eigenvalue weighted by atomic mass is 10.2. The van der Waals surface area contributed by atoms with E-state index in [1.54, 1.807) is 17.5 Å². The van der Waals surface area contributed by atoms with Crippen molar-refractivity contribution in [1.82, 2.24) is 4.31 Å². The van der Waals surface area contributed by atoms with Crippen LogP contribution in [0, 0.1) is 0 Å². The molecule has 0 bridgehead atoms. The number of hydrogen-bond donors (Lipinski definition) is 0. The Morgan fingerprint density at radius 2 is 2.41 bits per heavy atom. The van der Waals surface area contributed by atoms with E-state index in [1.807, 2.05) is 6.92 Å². The lowest BCUT2D eigenvalue weighted by Gasteiger charge is -2.22. The maximum atomic E-state index is 12.3. The minimum atomic E-state index is -3.32. The predicted molar refractivity (Wildman–Crippen MR) is 67.7 cm³/mol. The van der Waals surface area contributed by atoms with Gasteiger partial charge in [0, 0.05) is 19.7 Å². The third-order valence-corrected chi connectivity index (χ3v) is 6.19. The maximum Gasteiger partial charge on any atom is 0.252 e. The van der Waals surface area contributed by atoms with Crippen molar-refractivity contribution in [2.24, 2.45) is 0 Å². The van der Waals surface area contributed by atoms with E-state index in [0.717, 1.165) is 19.4 Å². The zero-order chi connectivity index (χ0) is 12.3. The van der Waals surface area contributed by atoms with Crippen LogP contribution in [-0.2, 0) is 14.8 Å². The number of nitrogens with zero attached hydrogens (tertiary/aromatic N) is 1. The molecule has 17 heavy (non-hydrogen) atoms. The van der Waals surface area contributed by atoms with E-state index in [1.165, 1.54) is 15.6 Å². The first-order chi connectivity index (χ1) is 8.14. The lowest BCUT2D eigenvalue weighted by Crippen LogP contribution is -2.36. The van der Waals surface area contributed by atoms with E-state index in [2.05, 4.69) is 0 Å². The topological polar surface area (TPSA) is 46.6 Å². The molecule has 1 aromatic rings. The van der Waals surface area contributed by atoms with Crippen molar-refractivity contribution in [2.75, 3.05) is 19.7 Å². The fourth-order valence-electron chi connectivity index (χ4n) is 1.95. The third-order valence-electron chi connectivity index (χ3n) is 2.87. The van der Waals surface area contributed by atoms with Crippen molar-refractivity contribution in [3.05, 3.63) is 17.5 Å². The Morgan fingerprint density at radius 3 is 2.94 bits per heavy atom. The molecular formula is C11H17NO3S2. The second-order valence-electron chi connectivity index (χ2n) is 4.02. The quantitative estimate of drug-likeness (QED) is 0.825. The van der Waals surface area contributed by atoms with E-state index in [9.17, 15) is 8.42 Å². The molecule has 4 nitrogen and oxygen atoms in total. The molecule has 1 atom stereocenters. The van der Waals surface area contributed by atoms with E-state index >= 15 is 0 Å². The van der Waals surface area contributed by atoms with Gasteiger partial charge in [0.15, 0.2) is 0 Å². The van der Waals surface area contributed by atoms with Crippen LogP contribution in [0.4, 0.5) is 0 Å². The molecule has 1 saturated heterocycles. The van der Waals surface area contributed by atoms with Crippen LogP contribution in [0.1, 0.15) is 19.8 Å². The SMILES string of the molecule is CCN(CC1CCCO1)S(=O)(=O)c1cccs1. The lowest BCUT2D eigenvalue weighted by molar-refractivity contribution is 0.0947. The largest absolute Gasteiger partial charge is 0.377 e. The highest BCUT2D eigenvalue weighted by atomic mass is 32.2. The van der Waals surface area contributed by atoms with Gasteiger partial charge in [0.25, 0.3) is 10.0 Å². The third kappa shape index (κ3) is 2.88. The first-order valence-electron chi connectivity index (χ1n) is 5.80. The second-order valence-corrected chi connectivity index (χ2v) is 7.14. The van der Waals surface area contributed by atoms with Crippen LogP contribution in [0.3, 0.4) is 0 Å². The Balaban J connectivity index is 2.12. The number of likely N-dealkylation sites (N-methyl/N-ethyl adjacent to an activating group) is 1. The van der Waals surface area contributed by atoms with E-state index in [4.69, 9.17) is 4.74 Å². The van der Waals surface area contributed by atoms with Crippen LogP contribution < -0.4 is 0 Å². The molecule has 0 amide bonds. The van der Waals surface area contributed by atoms with Crippen molar-refractivity contribution < 1.29 is 13.2 Å². The molecule has 6 heteroatoms. The van der Waals surface area contributed by atoms with Gasteiger partial charge in [0.05, 0.1) is 6.10 Å². The molecule has 1 aliphatic rings. The van der Waals surface area contributed by atoms with Gasteiger partial charge in [0.2, 0.25) is 0 Å². The first-order valence-corrected chi connectivity index (χ1v) is 8.12. The molecule has 0 radical (unpaired) electrons. The Labute approximate surface area is 106 Å². The van der Waals surface area contributed by atoms with Gasteiger partial charge in [0.1, 0.15) is 4.21 Å². The van der Waals surface area contributed by atoms with Crippen molar-refractivity contribution in [3.63, 3.8) is 0 Å². The second kappa shape index (κ2) is 5.48. The summed E-state index contributed by atoms with van der Waals surface area (Å²) in [6.45, 7) is 3.57. The minimum Gasteiger partial charge on any atom is -0.377 e. The van der Waals surface area contributed by atoms with Gasteiger partial charge in [-0.15, -0.1) is 11.3 Å². The fraction of sp³-hybridized carbons (Fsp3) is 0.636. The summed E-state index contributed by atoms with van der Waals surface area (Å²) in [4.78, 5) is 0. The van der Waals surface area contributed by atoms with Gasteiger partial charge in [-0.3, -0.25) is 0 Å². The van der Waals surface area contributed by atoms with Crippen LogP contribution in [0.15, 0.2) is 21.7 Å². The van der Waals surface area contributed by atoms with Gasteiger partial charge < -0.3 is 4.74 Å². The molecule has 1 aromatic heterocycles. The summed E-state index contributed by atoms with van der Waals surface area (Å²) < 4.78 is 32.0. The van der Waals surface area contributed by atoms with E-state index in [-0.39, 0.29) is 6.10 Å². The number of rotatable bonds is 5. The summed E-state index contributed by atoms with van der Waals surface area (Å²) in [5.41, 5.74) is 0. The molecule has 96 valence electrons. The van der Waals surface area contributed by atoms with Crippen LogP contribution in [-0.4, -0.2) is 38.5 Å². The summed E-state index contributed by atoms with van der Waals surface area (Å²) in [6, 6.07) is 3.41. The van der Waals surface area contributed by atoms with Gasteiger partial charge in [-0.1, -0.05) is 13.0 Å². The Morgan fingerprint density at radius 1 is 1.59 bits per heavy atom. The molecule has 1 unspecified atom stereocenters. The monoisotopic (exact) mass is 275 g/mol. The summed E-state index contributed by atoms with van der Waals surface area (Å²) >= 11 is 1.26. The number of hydrogen-bond acceptors (Lipinski definition) is 4. The Bertz CT molecular complexity index is 435. The summed E-state index contributed by atoms with van der Waals surface area (Å²) in [6.07, 6.45) is 2.04. The van der Waals surface area contributed by atoms with Gasteiger partial charge >= 0.3 is 0 Å². The molecular weight excluding hydrogens is 258 g/mol. The van der Waals surface area contributed by atoms with E-state index < -0.39 is 10.0 Å². The van der Waals surface area contributed by atoms with Gasteiger partial charge in [-0.25, -0.2) is 8.42 Å². The highest BCUT2D eigenvalue weighted by Gasteiger charge is 2.28. The van der Waals surface area contributed by atoms with Crippen LogP contribution in [0.2, 0.25) is 0 Å².